The molecule has 246 valence electrons. The zero-order valence-corrected chi connectivity index (χ0v) is 32.6. The molecule has 0 spiro atoms. The maximum absolute atomic E-state index is 2.35. The van der Waals surface area contributed by atoms with Gasteiger partial charge in [0.2, 0.25) is 0 Å². The van der Waals surface area contributed by atoms with Crippen LogP contribution in [0.15, 0.2) is 170 Å². The molecular formula is C49H46Zr. The zero-order chi connectivity index (χ0) is 35.3. The fourth-order valence-electron chi connectivity index (χ4n) is 6.27. The van der Waals surface area contributed by atoms with Crippen molar-refractivity contribution < 1.29 is 24.2 Å². The van der Waals surface area contributed by atoms with Gasteiger partial charge in [-0.05, 0) is 16.4 Å². The first-order chi connectivity index (χ1) is 24.0. The first-order valence-corrected chi connectivity index (χ1v) is 18.7. The van der Waals surface area contributed by atoms with Crippen molar-refractivity contribution >= 4 is 35.5 Å². The molecule has 0 aliphatic heterocycles. The van der Waals surface area contributed by atoms with E-state index in [9.17, 15) is 0 Å². The van der Waals surface area contributed by atoms with Gasteiger partial charge in [-0.3, -0.25) is 0 Å². The molecule has 0 atom stereocenters. The Morgan fingerprint density at radius 2 is 0.940 bits per heavy atom. The summed E-state index contributed by atoms with van der Waals surface area (Å²) in [6.07, 6.45) is 0. The zero-order valence-electron chi connectivity index (χ0n) is 30.2. The minimum absolute atomic E-state index is 0.203. The summed E-state index contributed by atoms with van der Waals surface area (Å²) in [6, 6.07) is 60.8. The van der Waals surface area contributed by atoms with Gasteiger partial charge in [-0.2, -0.15) is 12.1 Å². The number of hydrogen-bond acceptors (Lipinski definition) is 0. The van der Waals surface area contributed by atoms with E-state index in [1.165, 1.54) is 93.1 Å². The minimum Gasteiger partial charge on any atom is -0.168 e. The van der Waals surface area contributed by atoms with Crippen molar-refractivity contribution in [2.24, 2.45) is 0 Å². The number of fused-ring (bicyclic) bond motifs is 4. The van der Waals surface area contributed by atoms with E-state index in [2.05, 4.69) is 205 Å². The monoisotopic (exact) mass is 724 g/mol. The average Bonchev–Trinajstić information content (AvgIpc) is 3.76. The first-order valence-electron chi connectivity index (χ1n) is 17.5. The van der Waals surface area contributed by atoms with Crippen LogP contribution in [0.2, 0.25) is 0 Å². The molecule has 0 saturated heterocycles. The molecule has 0 radical (unpaired) electrons. The van der Waals surface area contributed by atoms with Gasteiger partial charge < -0.3 is 0 Å². The molecule has 8 rings (SSSR count). The second-order valence-electron chi connectivity index (χ2n) is 15.1. The fourth-order valence-corrected chi connectivity index (χ4v) is 7.09. The molecule has 8 aromatic carbocycles. The molecule has 0 aromatic heterocycles. The quantitative estimate of drug-likeness (QED) is 0.159. The Labute approximate surface area is 313 Å². The molecule has 0 heterocycles. The van der Waals surface area contributed by atoms with Crippen molar-refractivity contribution in [2.75, 3.05) is 0 Å². The predicted molar refractivity (Wildman–Crippen MR) is 216 cm³/mol. The van der Waals surface area contributed by atoms with Crippen LogP contribution in [-0.2, 0) is 35.1 Å². The SMILES string of the molecule is CC(C)(C)c1ccc2c(c1)[cH-]c1cc(C(C)(C)C)ccc12.[Zr+2]=[C](c1ccccc1)c1ccccc1.c1ccc(-c2ccc3cc[cH-]c3c2)cc1. The topological polar surface area (TPSA) is 0 Å². The maximum Gasteiger partial charge on any atom is -0.0277 e. The van der Waals surface area contributed by atoms with Crippen LogP contribution in [0.4, 0.5) is 0 Å². The van der Waals surface area contributed by atoms with Crippen molar-refractivity contribution in [1.29, 1.82) is 0 Å². The van der Waals surface area contributed by atoms with Gasteiger partial charge >= 0.3 is 99.2 Å². The first kappa shape index (κ1) is 35.4. The van der Waals surface area contributed by atoms with E-state index in [1.54, 1.807) is 0 Å². The molecule has 0 saturated carbocycles. The second-order valence-corrected chi connectivity index (χ2v) is 16.3. The second kappa shape index (κ2) is 15.2. The summed E-state index contributed by atoms with van der Waals surface area (Å²) in [5.41, 5.74) is 8.44. The normalized spacial score (nSPS) is 11.5. The van der Waals surface area contributed by atoms with Gasteiger partial charge in [0.15, 0.2) is 0 Å². The summed E-state index contributed by atoms with van der Waals surface area (Å²) in [4.78, 5) is 0. The van der Waals surface area contributed by atoms with E-state index >= 15 is 0 Å². The number of hydrogen-bond donors (Lipinski definition) is 0. The van der Waals surface area contributed by atoms with Crippen LogP contribution in [-0.4, -0.2) is 3.21 Å². The summed E-state index contributed by atoms with van der Waals surface area (Å²) >= 11 is 1.46. The van der Waals surface area contributed by atoms with Gasteiger partial charge in [0.1, 0.15) is 0 Å². The third-order valence-electron chi connectivity index (χ3n) is 9.31. The van der Waals surface area contributed by atoms with Gasteiger partial charge in [0.05, 0.1) is 0 Å². The van der Waals surface area contributed by atoms with Gasteiger partial charge in [-0.15, -0.1) is 68.7 Å². The van der Waals surface area contributed by atoms with Crippen LogP contribution in [0.5, 0.6) is 0 Å². The summed E-state index contributed by atoms with van der Waals surface area (Å²) in [6.45, 7) is 13.6. The Morgan fingerprint density at radius 1 is 0.460 bits per heavy atom. The van der Waals surface area contributed by atoms with E-state index in [1.807, 2.05) is 6.07 Å². The molecule has 0 bridgehead atoms. The Kier molecular flexibility index (Phi) is 10.8. The van der Waals surface area contributed by atoms with Crippen LogP contribution >= 0.6 is 0 Å². The molecular weight excluding hydrogens is 680 g/mol. The standard InChI is InChI=1S/C21H25.C15H11.C13H10.Zr/c1-20(2,3)16-7-9-18-14(12-16)11-15-13-17(21(4,5)6)8-10-19(15)18;1-2-5-12(6-3-1)15-10-9-13-7-4-8-14(13)11-15;1-3-7-12(8-4-1)11-13-9-5-2-6-10-13;/h7-13H,1-6H3;1-11H;1-10H;/q2*-1;;+2. The van der Waals surface area contributed by atoms with Crippen molar-refractivity contribution in [3.63, 3.8) is 0 Å². The molecule has 0 amide bonds. The summed E-state index contributed by atoms with van der Waals surface area (Å²) in [5, 5.41) is 8.11. The van der Waals surface area contributed by atoms with Gasteiger partial charge in [-0.25, -0.2) is 0 Å². The van der Waals surface area contributed by atoms with Crippen LogP contribution < -0.4 is 0 Å². The molecule has 8 aromatic rings. The molecule has 0 fully saturated rings. The molecule has 0 unspecified atom stereocenters. The van der Waals surface area contributed by atoms with Crippen molar-refractivity contribution in [3.05, 3.63) is 192 Å². The van der Waals surface area contributed by atoms with Crippen LogP contribution in [0.1, 0.15) is 63.8 Å². The summed E-state index contributed by atoms with van der Waals surface area (Å²) in [5.74, 6) is 0. The van der Waals surface area contributed by atoms with Gasteiger partial charge in [0, 0.05) is 0 Å². The van der Waals surface area contributed by atoms with E-state index < -0.39 is 0 Å². The summed E-state index contributed by atoms with van der Waals surface area (Å²) in [7, 11) is 0. The van der Waals surface area contributed by atoms with Crippen molar-refractivity contribution in [1.82, 2.24) is 0 Å². The molecule has 0 aliphatic rings. The molecule has 1 heteroatoms. The van der Waals surface area contributed by atoms with Crippen LogP contribution in [0.25, 0.3) is 43.4 Å². The average molecular weight is 726 g/mol. The van der Waals surface area contributed by atoms with E-state index in [-0.39, 0.29) is 10.8 Å². The third-order valence-corrected chi connectivity index (χ3v) is 10.7. The van der Waals surface area contributed by atoms with Gasteiger partial charge in [0.25, 0.3) is 0 Å². The number of benzene rings is 6. The minimum atomic E-state index is 0.203. The van der Waals surface area contributed by atoms with Gasteiger partial charge in [-0.1, -0.05) is 119 Å². The maximum atomic E-state index is 2.35. The Hall–Kier alpha value is -4.45. The number of rotatable bonds is 3. The van der Waals surface area contributed by atoms with E-state index in [4.69, 9.17) is 0 Å². The van der Waals surface area contributed by atoms with Crippen LogP contribution in [0.3, 0.4) is 0 Å². The van der Waals surface area contributed by atoms with Crippen LogP contribution in [0, 0.1) is 0 Å². The van der Waals surface area contributed by atoms with E-state index in [0.717, 1.165) is 0 Å². The molecule has 50 heavy (non-hydrogen) atoms. The Morgan fingerprint density at radius 3 is 1.42 bits per heavy atom. The third kappa shape index (κ3) is 8.46. The van der Waals surface area contributed by atoms with Crippen molar-refractivity contribution in [2.45, 2.75) is 52.4 Å². The fraction of sp³-hybridized carbons (Fsp3) is 0.163. The Bertz CT molecular complexity index is 2210. The van der Waals surface area contributed by atoms with E-state index in [0.29, 0.717) is 0 Å². The predicted octanol–water partition coefficient (Wildman–Crippen LogP) is 13.3. The summed E-state index contributed by atoms with van der Waals surface area (Å²) < 4.78 is 1.42. The smallest absolute Gasteiger partial charge is 0.0277 e. The Balaban J connectivity index is 0.000000133. The largest absolute Gasteiger partial charge is 0.168 e. The molecule has 0 nitrogen and oxygen atoms in total. The molecule has 0 N–H and O–H groups in total. The van der Waals surface area contributed by atoms with Crippen molar-refractivity contribution in [3.8, 4) is 11.1 Å². The molecule has 0 aliphatic carbocycles.